The first-order valence-corrected chi connectivity index (χ1v) is 10.7. The Balaban J connectivity index is 1.19. The molecule has 1 aromatic rings. The van der Waals surface area contributed by atoms with Crippen molar-refractivity contribution in [3.05, 3.63) is 24.4 Å². The van der Waals surface area contributed by atoms with Gasteiger partial charge in [-0.3, -0.25) is 25.2 Å². The second kappa shape index (κ2) is 7.89. The second-order valence-corrected chi connectivity index (χ2v) is 8.37. The van der Waals surface area contributed by atoms with Crippen molar-refractivity contribution in [3.8, 4) is 0 Å². The third-order valence-corrected chi connectivity index (χ3v) is 6.67. The van der Waals surface area contributed by atoms with Crippen molar-refractivity contribution in [2.24, 2.45) is 5.92 Å². The van der Waals surface area contributed by atoms with Crippen LogP contribution in [0.5, 0.6) is 0 Å². The number of nitrogens with zero attached hydrogens (tertiary/aromatic N) is 4. The van der Waals surface area contributed by atoms with Crippen LogP contribution in [0, 0.1) is 5.92 Å². The Kier molecular flexibility index (Phi) is 5.11. The number of nitrogens with one attached hydrogen (secondary N) is 3. The van der Waals surface area contributed by atoms with Crippen molar-refractivity contribution in [1.82, 2.24) is 30.7 Å². The van der Waals surface area contributed by atoms with Gasteiger partial charge in [-0.25, -0.2) is 9.78 Å². The van der Waals surface area contributed by atoms with Crippen LogP contribution in [0.15, 0.2) is 24.4 Å². The minimum absolute atomic E-state index is 0.0379. The van der Waals surface area contributed by atoms with Gasteiger partial charge in [0.1, 0.15) is 12.1 Å². The lowest BCUT2D eigenvalue weighted by Gasteiger charge is -2.48. The molecule has 3 saturated heterocycles. The SMILES string of the molecule is O=C1NC2NC(N3CCN(c4ccccn4)CC3)NCC2C(=O)N1C1CCCC1. The topological polar surface area (TPSA) is 92.8 Å². The maximum Gasteiger partial charge on any atom is 0.325 e. The first-order valence-electron chi connectivity index (χ1n) is 10.7. The fraction of sp³-hybridized carbons (Fsp3) is 0.650. The minimum Gasteiger partial charge on any atom is -0.354 e. The molecule has 0 radical (unpaired) electrons. The summed E-state index contributed by atoms with van der Waals surface area (Å²) in [5.41, 5.74) is 0. The number of pyridine rings is 1. The molecule has 156 valence electrons. The van der Waals surface area contributed by atoms with Gasteiger partial charge in [-0.1, -0.05) is 18.9 Å². The van der Waals surface area contributed by atoms with Crippen LogP contribution in [0.25, 0.3) is 0 Å². The number of carbonyl (C=O) groups is 2. The number of hydrogen-bond donors (Lipinski definition) is 3. The van der Waals surface area contributed by atoms with Crippen molar-refractivity contribution in [1.29, 1.82) is 0 Å². The molecular weight excluding hydrogens is 370 g/mol. The summed E-state index contributed by atoms with van der Waals surface area (Å²) in [6, 6.07) is 5.81. The predicted octanol–water partition coefficient (Wildman–Crippen LogP) is 0.117. The second-order valence-electron chi connectivity index (χ2n) is 8.37. The number of rotatable bonds is 3. The van der Waals surface area contributed by atoms with E-state index >= 15 is 0 Å². The normalized spacial score (nSPS) is 31.7. The minimum atomic E-state index is -0.312. The van der Waals surface area contributed by atoms with Gasteiger partial charge in [0.2, 0.25) is 5.91 Å². The summed E-state index contributed by atoms with van der Waals surface area (Å²) in [6.45, 7) is 4.13. The maximum atomic E-state index is 13.0. The van der Waals surface area contributed by atoms with E-state index in [1.807, 2.05) is 24.4 Å². The van der Waals surface area contributed by atoms with E-state index in [0.717, 1.165) is 57.7 Å². The van der Waals surface area contributed by atoms with E-state index in [9.17, 15) is 9.59 Å². The fourth-order valence-electron chi connectivity index (χ4n) is 5.05. The Bertz CT molecular complexity index is 746. The highest BCUT2D eigenvalue weighted by Crippen LogP contribution is 2.28. The number of aromatic nitrogens is 1. The number of hydrogen-bond acceptors (Lipinski definition) is 7. The van der Waals surface area contributed by atoms with Crippen LogP contribution in [0.4, 0.5) is 10.6 Å². The lowest BCUT2D eigenvalue weighted by molar-refractivity contribution is -0.139. The summed E-state index contributed by atoms with van der Waals surface area (Å²) in [5, 5.41) is 9.98. The first-order chi connectivity index (χ1) is 14.2. The zero-order chi connectivity index (χ0) is 19.8. The van der Waals surface area contributed by atoms with Gasteiger partial charge in [0.05, 0.1) is 12.1 Å². The van der Waals surface area contributed by atoms with Crippen molar-refractivity contribution in [3.63, 3.8) is 0 Å². The molecule has 4 heterocycles. The number of carbonyl (C=O) groups excluding carboxylic acids is 2. The van der Waals surface area contributed by atoms with Crippen LogP contribution in [-0.4, -0.2) is 77.9 Å². The molecular formula is C20H29N7O2. The summed E-state index contributed by atoms with van der Waals surface area (Å²) in [4.78, 5) is 36.2. The molecule has 1 saturated carbocycles. The summed E-state index contributed by atoms with van der Waals surface area (Å²) in [6.07, 6.45) is 5.52. The summed E-state index contributed by atoms with van der Waals surface area (Å²) < 4.78 is 0. The van der Waals surface area contributed by atoms with Gasteiger partial charge in [-0.2, -0.15) is 0 Å². The molecule has 0 bridgehead atoms. The van der Waals surface area contributed by atoms with Crippen molar-refractivity contribution < 1.29 is 9.59 Å². The van der Waals surface area contributed by atoms with Crippen molar-refractivity contribution in [2.45, 2.75) is 44.2 Å². The number of urea groups is 1. The van der Waals surface area contributed by atoms with Crippen LogP contribution in [0.1, 0.15) is 25.7 Å². The molecule has 29 heavy (non-hydrogen) atoms. The van der Waals surface area contributed by atoms with E-state index in [-0.39, 0.29) is 36.4 Å². The number of anilines is 1. The molecule has 4 aliphatic rings. The Hall–Kier alpha value is -2.23. The van der Waals surface area contributed by atoms with Crippen LogP contribution < -0.4 is 20.9 Å². The third kappa shape index (κ3) is 3.58. The predicted molar refractivity (Wildman–Crippen MR) is 108 cm³/mol. The molecule has 3 aliphatic heterocycles. The lowest BCUT2D eigenvalue weighted by atomic mass is 9.98. The molecule has 0 spiro atoms. The van der Waals surface area contributed by atoms with Gasteiger partial charge in [-0.15, -0.1) is 0 Å². The highest BCUT2D eigenvalue weighted by Gasteiger charge is 2.47. The van der Waals surface area contributed by atoms with Gasteiger partial charge in [-0.05, 0) is 25.0 Å². The quantitative estimate of drug-likeness (QED) is 0.665. The fourth-order valence-corrected chi connectivity index (χ4v) is 5.05. The molecule has 3 atom stereocenters. The molecule has 4 fully saturated rings. The lowest BCUT2D eigenvalue weighted by Crippen LogP contribution is -2.76. The molecule has 5 rings (SSSR count). The number of amides is 3. The van der Waals surface area contributed by atoms with Crippen LogP contribution >= 0.6 is 0 Å². The van der Waals surface area contributed by atoms with E-state index in [1.165, 1.54) is 4.90 Å². The molecule has 1 aliphatic carbocycles. The van der Waals surface area contributed by atoms with E-state index < -0.39 is 0 Å². The van der Waals surface area contributed by atoms with Gasteiger partial charge in [0.25, 0.3) is 0 Å². The zero-order valence-electron chi connectivity index (χ0n) is 16.6. The van der Waals surface area contributed by atoms with E-state index in [2.05, 4.69) is 30.7 Å². The van der Waals surface area contributed by atoms with Crippen LogP contribution in [-0.2, 0) is 4.79 Å². The summed E-state index contributed by atoms with van der Waals surface area (Å²) >= 11 is 0. The number of imide groups is 1. The van der Waals surface area contributed by atoms with Crippen molar-refractivity contribution >= 4 is 17.8 Å². The van der Waals surface area contributed by atoms with Gasteiger partial charge in [0, 0.05) is 45.0 Å². The maximum absolute atomic E-state index is 13.0. The van der Waals surface area contributed by atoms with E-state index in [4.69, 9.17) is 0 Å². The Morgan fingerprint density at radius 3 is 2.55 bits per heavy atom. The molecule has 3 amide bonds. The van der Waals surface area contributed by atoms with Gasteiger partial charge in [0.15, 0.2) is 0 Å². The molecule has 3 N–H and O–H groups in total. The average molecular weight is 399 g/mol. The van der Waals surface area contributed by atoms with Crippen LogP contribution in [0.3, 0.4) is 0 Å². The largest absolute Gasteiger partial charge is 0.354 e. The monoisotopic (exact) mass is 399 g/mol. The Morgan fingerprint density at radius 1 is 1.03 bits per heavy atom. The third-order valence-electron chi connectivity index (χ3n) is 6.67. The molecule has 3 unspecified atom stereocenters. The number of piperazine rings is 1. The molecule has 9 nitrogen and oxygen atoms in total. The Labute approximate surface area is 170 Å². The van der Waals surface area contributed by atoms with Gasteiger partial charge >= 0.3 is 6.03 Å². The van der Waals surface area contributed by atoms with Crippen LogP contribution in [0.2, 0.25) is 0 Å². The average Bonchev–Trinajstić information content (AvgIpc) is 3.28. The van der Waals surface area contributed by atoms with Gasteiger partial charge < -0.3 is 10.2 Å². The smallest absolute Gasteiger partial charge is 0.325 e. The molecule has 1 aromatic heterocycles. The zero-order valence-corrected chi connectivity index (χ0v) is 16.6. The summed E-state index contributed by atoms with van der Waals surface area (Å²) in [7, 11) is 0. The summed E-state index contributed by atoms with van der Waals surface area (Å²) in [5.74, 6) is 0.720. The number of fused-ring (bicyclic) bond motifs is 1. The first kappa shape index (κ1) is 18.8. The molecule has 9 heteroatoms. The highest BCUT2D eigenvalue weighted by atomic mass is 16.2. The van der Waals surface area contributed by atoms with E-state index in [0.29, 0.717) is 6.54 Å². The van der Waals surface area contributed by atoms with Crippen molar-refractivity contribution in [2.75, 3.05) is 37.6 Å². The van der Waals surface area contributed by atoms with E-state index in [1.54, 1.807) is 0 Å². The molecule has 0 aromatic carbocycles. The Morgan fingerprint density at radius 2 is 1.83 bits per heavy atom. The standard InChI is InChI=1S/C20H29N7O2/c28-18-15-13-22-19(23-17(15)24-20(29)27(18)14-5-1-2-6-14)26-11-9-25(10-12-26)16-7-3-4-8-21-16/h3-4,7-8,14-15,17,19,22-23H,1-2,5-6,9-13H2,(H,24,29). The highest BCUT2D eigenvalue weighted by molar-refractivity contribution is 5.99.